The van der Waals surface area contributed by atoms with Gasteiger partial charge in [0, 0.05) is 11.3 Å². The Bertz CT molecular complexity index is 1200. The Morgan fingerprint density at radius 1 is 0.905 bits per heavy atom. The normalized spacial score (nSPS) is 49.5. The van der Waals surface area contributed by atoms with E-state index in [1.54, 1.807) is 0 Å². The Kier molecular flexibility index (Phi) is 6.97. The number of methoxy groups -OCH3 is 1. The van der Waals surface area contributed by atoms with Crippen LogP contribution in [0.25, 0.3) is 0 Å². The molecule has 234 valence electrons. The second kappa shape index (κ2) is 9.65. The lowest BCUT2D eigenvalue weighted by Gasteiger charge is -2.70. The minimum absolute atomic E-state index is 0.0511. The van der Waals surface area contributed by atoms with Gasteiger partial charge >= 0.3 is 11.9 Å². The molecule has 1 heterocycles. The molecule has 0 spiro atoms. The predicted octanol–water partition coefficient (Wildman–Crippen LogP) is 6.80. The summed E-state index contributed by atoms with van der Waals surface area (Å²) in [6.07, 6.45) is 12.4. The maximum Gasteiger partial charge on any atom is 0.323 e. The molecule has 0 unspecified atom stereocenters. The van der Waals surface area contributed by atoms with E-state index in [0.29, 0.717) is 11.7 Å². The minimum Gasteiger partial charge on any atom is -0.469 e. The zero-order valence-corrected chi connectivity index (χ0v) is 27.5. The number of hydrogen-bond acceptors (Lipinski definition) is 6. The summed E-state index contributed by atoms with van der Waals surface area (Å²) in [6.45, 7) is 17.2. The zero-order valence-electron chi connectivity index (χ0n) is 27.5. The number of rotatable bonds is 3. The minimum atomic E-state index is -0.504. The van der Waals surface area contributed by atoms with Crippen LogP contribution < -0.4 is 5.32 Å². The van der Waals surface area contributed by atoms with E-state index in [2.05, 4.69) is 59.9 Å². The third-order valence-electron chi connectivity index (χ3n) is 14.8. The molecule has 5 fully saturated rings. The van der Waals surface area contributed by atoms with E-state index in [1.807, 2.05) is 0 Å². The van der Waals surface area contributed by atoms with Crippen LogP contribution >= 0.6 is 0 Å². The number of carbonyl (C=O) groups excluding carboxylic acids is 3. The molecule has 0 aromatic carbocycles. The molecule has 0 amide bonds. The van der Waals surface area contributed by atoms with Gasteiger partial charge in [0.25, 0.3) is 0 Å². The van der Waals surface area contributed by atoms with E-state index >= 15 is 0 Å². The smallest absolute Gasteiger partial charge is 0.323 e. The van der Waals surface area contributed by atoms with Crippen molar-refractivity contribution in [1.29, 1.82) is 0 Å². The van der Waals surface area contributed by atoms with Gasteiger partial charge in [-0.05, 0) is 124 Å². The van der Waals surface area contributed by atoms with Gasteiger partial charge in [-0.3, -0.25) is 14.4 Å². The Labute approximate surface area is 253 Å². The van der Waals surface area contributed by atoms with Gasteiger partial charge in [-0.2, -0.15) is 0 Å². The third-order valence-corrected chi connectivity index (χ3v) is 14.8. The van der Waals surface area contributed by atoms with Crippen LogP contribution in [0.2, 0.25) is 0 Å². The highest BCUT2D eigenvalue weighted by Gasteiger charge is 2.70. The van der Waals surface area contributed by atoms with Gasteiger partial charge in [-0.25, -0.2) is 0 Å². The molecule has 10 atom stereocenters. The van der Waals surface area contributed by atoms with Crippen molar-refractivity contribution in [2.45, 2.75) is 131 Å². The van der Waals surface area contributed by atoms with Gasteiger partial charge in [-0.1, -0.05) is 47.1 Å². The average Bonchev–Trinajstić information content (AvgIpc) is 3.47. The summed E-state index contributed by atoms with van der Waals surface area (Å²) in [6, 6.07) is -0.176. The molecule has 1 aliphatic heterocycles. The van der Waals surface area contributed by atoms with Crippen molar-refractivity contribution in [1.82, 2.24) is 5.32 Å². The maximum absolute atomic E-state index is 14.6. The van der Waals surface area contributed by atoms with Crippen molar-refractivity contribution >= 4 is 17.7 Å². The molecule has 6 heteroatoms. The molecule has 0 aromatic heterocycles. The standard InChI is InChI=1S/C36H55NO5/c1-31(2)26-11-14-36(7)28(34(26,5)13-12-27(31)42-29(39)24-10-9-19-37-24)25(38)20-22-23-21-33(4,30(40)41-8)16-15-32(23,3)17-18-35(22,36)6/h20,23-24,26-28,37H,9-19,21H2,1-8H3/t23-,24-,26-,27-,28+,32+,33-,34-,35+,36+/m0/s1. The Hall–Kier alpha value is -1.69. The number of nitrogens with one attached hydrogen (secondary N) is 1. The van der Waals surface area contributed by atoms with Gasteiger partial charge in [0.2, 0.25) is 0 Å². The van der Waals surface area contributed by atoms with Gasteiger partial charge in [0.1, 0.15) is 12.1 Å². The maximum atomic E-state index is 14.6. The van der Waals surface area contributed by atoms with Crippen molar-refractivity contribution in [3.8, 4) is 0 Å². The quantitative estimate of drug-likeness (QED) is 0.369. The number of ketones is 1. The molecule has 5 aliphatic carbocycles. The van der Waals surface area contributed by atoms with Crippen LogP contribution in [-0.2, 0) is 23.9 Å². The average molecular weight is 582 g/mol. The van der Waals surface area contributed by atoms with Crippen molar-refractivity contribution in [2.75, 3.05) is 13.7 Å². The van der Waals surface area contributed by atoms with Crippen molar-refractivity contribution in [3.63, 3.8) is 0 Å². The summed E-state index contributed by atoms with van der Waals surface area (Å²) in [5, 5.41) is 3.30. The van der Waals surface area contributed by atoms with E-state index < -0.39 is 5.41 Å². The molecular weight excluding hydrogens is 526 g/mol. The van der Waals surface area contributed by atoms with Crippen LogP contribution in [0.5, 0.6) is 0 Å². The fraction of sp³-hybridized carbons (Fsp3) is 0.861. The summed E-state index contributed by atoms with van der Waals surface area (Å²) in [4.78, 5) is 40.6. The van der Waals surface area contributed by atoms with Gasteiger partial charge in [0.15, 0.2) is 5.78 Å². The first-order valence-corrected chi connectivity index (χ1v) is 16.8. The molecule has 1 N–H and O–H groups in total. The van der Waals surface area contributed by atoms with Crippen LogP contribution in [0.1, 0.15) is 119 Å². The first kappa shape index (κ1) is 30.3. The Morgan fingerprint density at radius 2 is 1.62 bits per heavy atom. The number of allylic oxidation sites excluding steroid dienone is 2. The molecule has 6 nitrogen and oxygen atoms in total. The highest BCUT2D eigenvalue weighted by Crippen LogP contribution is 2.75. The molecule has 6 aliphatic rings. The Balaban J connectivity index is 1.34. The van der Waals surface area contributed by atoms with E-state index in [-0.39, 0.29) is 63.0 Å². The monoisotopic (exact) mass is 581 g/mol. The highest BCUT2D eigenvalue weighted by atomic mass is 16.5. The fourth-order valence-electron chi connectivity index (χ4n) is 11.9. The topological polar surface area (TPSA) is 81.7 Å². The second-order valence-electron chi connectivity index (χ2n) is 17.2. The van der Waals surface area contributed by atoms with Crippen molar-refractivity contribution in [3.05, 3.63) is 11.6 Å². The predicted molar refractivity (Wildman–Crippen MR) is 162 cm³/mol. The second-order valence-corrected chi connectivity index (χ2v) is 17.2. The number of ether oxygens (including phenoxy) is 2. The first-order chi connectivity index (χ1) is 19.6. The van der Waals surface area contributed by atoms with Gasteiger partial charge in [0.05, 0.1) is 12.5 Å². The number of hydrogen-bond donors (Lipinski definition) is 1. The van der Waals surface area contributed by atoms with Crippen LogP contribution in [0.4, 0.5) is 0 Å². The molecule has 0 aromatic rings. The number of esters is 2. The third kappa shape index (κ3) is 4.01. The zero-order chi connectivity index (χ0) is 30.5. The summed E-state index contributed by atoms with van der Waals surface area (Å²) in [7, 11) is 1.50. The molecule has 42 heavy (non-hydrogen) atoms. The molecule has 0 bridgehead atoms. The van der Waals surface area contributed by atoms with Crippen LogP contribution in [0.15, 0.2) is 11.6 Å². The van der Waals surface area contributed by atoms with Crippen molar-refractivity contribution < 1.29 is 23.9 Å². The molecular formula is C36H55NO5. The van der Waals surface area contributed by atoms with E-state index in [4.69, 9.17) is 9.47 Å². The number of fused-ring (bicyclic) bond motifs is 7. The van der Waals surface area contributed by atoms with Crippen LogP contribution in [-0.4, -0.2) is 43.5 Å². The summed E-state index contributed by atoms with van der Waals surface area (Å²) < 4.78 is 11.5. The Morgan fingerprint density at radius 3 is 2.29 bits per heavy atom. The van der Waals surface area contributed by atoms with E-state index in [1.165, 1.54) is 12.7 Å². The lowest BCUT2D eigenvalue weighted by atomic mass is 9.33. The highest BCUT2D eigenvalue weighted by molar-refractivity contribution is 5.95. The lowest BCUT2D eigenvalue weighted by molar-refractivity contribution is -0.211. The summed E-state index contributed by atoms with van der Waals surface area (Å²) in [5.74, 6) is 0.565. The number of carbonyl (C=O) groups is 3. The fourth-order valence-corrected chi connectivity index (χ4v) is 11.9. The summed E-state index contributed by atoms with van der Waals surface area (Å²) in [5.41, 5.74) is 0.346. The molecule has 1 saturated heterocycles. The van der Waals surface area contributed by atoms with Crippen LogP contribution in [0, 0.1) is 50.2 Å². The van der Waals surface area contributed by atoms with E-state index in [9.17, 15) is 14.4 Å². The van der Waals surface area contributed by atoms with E-state index in [0.717, 1.165) is 77.2 Å². The SMILES string of the molecule is COC(=O)[C@@]1(C)CC[C@]2(C)CC[C@]3(C)C(=CC(=O)[C@@H]4[C@@]5(C)CC[C@H](OC(=O)[C@@H]6CCCN6)C(C)(C)[C@@H]5CC[C@]43C)[C@@H]2C1. The largest absolute Gasteiger partial charge is 0.469 e. The lowest BCUT2D eigenvalue weighted by Crippen LogP contribution is -2.67. The van der Waals surface area contributed by atoms with Crippen LogP contribution in [0.3, 0.4) is 0 Å². The first-order valence-electron chi connectivity index (χ1n) is 16.8. The van der Waals surface area contributed by atoms with Crippen molar-refractivity contribution in [2.24, 2.45) is 50.2 Å². The molecule has 0 radical (unpaired) electrons. The molecule has 4 saturated carbocycles. The summed E-state index contributed by atoms with van der Waals surface area (Å²) >= 11 is 0. The molecule has 6 rings (SSSR count). The van der Waals surface area contributed by atoms with Gasteiger partial charge < -0.3 is 14.8 Å². The van der Waals surface area contributed by atoms with Gasteiger partial charge in [-0.15, -0.1) is 0 Å².